The number of nitrogens with zero attached hydrogens (tertiary/aromatic N) is 2. The molecule has 0 spiro atoms. The molecule has 1 amide bonds. The Labute approximate surface area is 208 Å². The van der Waals surface area contributed by atoms with Gasteiger partial charge in [-0.05, 0) is 82.5 Å². The lowest BCUT2D eigenvalue weighted by Crippen LogP contribution is -2.45. The number of hydrogen-bond donors (Lipinski definition) is 1. The molecule has 5 rings (SSSR count). The molecule has 35 heavy (non-hydrogen) atoms. The van der Waals surface area contributed by atoms with Gasteiger partial charge in [-0.3, -0.25) is 9.59 Å². The van der Waals surface area contributed by atoms with E-state index in [1.165, 1.54) is 17.7 Å². The number of hydrogen-bond acceptors (Lipinski definition) is 6. The molecule has 2 aliphatic rings. The van der Waals surface area contributed by atoms with Crippen molar-refractivity contribution >= 4 is 50.5 Å². The second-order valence-corrected chi connectivity index (χ2v) is 11.1. The van der Waals surface area contributed by atoms with Gasteiger partial charge >= 0.3 is 6.47 Å². The fourth-order valence-electron chi connectivity index (χ4n) is 4.74. The van der Waals surface area contributed by atoms with E-state index >= 15 is 0 Å². The van der Waals surface area contributed by atoms with Crippen LogP contribution in [-0.4, -0.2) is 43.9 Å². The molecule has 3 aromatic carbocycles. The van der Waals surface area contributed by atoms with E-state index in [1.807, 2.05) is 18.2 Å². The highest BCUT2D eigenvalue weighted by molar-refractivity contribution is 7.89. The lowest BCUT2D eigenvalue weighted by Gasteiger charge is -2.26. The monoisotopic (exact) mass is 513 g/mol. The predicted molar refractivity (Wildman–Crippen MR) is 132 cm³/mol. The summed E-state index contributed by atoms with van der Waals surface area (Å²) >= 11 is 6.02. The molecule has 1 N–H and O–H groups in total. The van der Waals surface area contributed by atoms with Gasteiger partial charge in [-0.25, -0.2) is 8.42 Å². The smallest absolute Gasteiger partial charge is 0.314 e. The number of amides is 1. The average molecular weight is 514 g/mol. The lowest BCUT2D eigenvalue weighted by atomic mass is 9.96. The van der Waals surface area contributed by atoms with E-state index in [4.69, 9.17) is 16.4 Å². The molecule has 1 fully saturated rings. The number of nitrogens with one attached hydrogen (secondary N) is 1. The molecular weight excluding hydrogens is 490 g/mol. The van der Waals surface area contributed by atoms with Crippen molar-refractivity contribution in [2.24, 2.45) is 0 Å². The second-order valence-electron chi connectivity index (χ2n) is 8.85. The van der Waals surface area contributed by atoms with Crippen LogP contribution in [0.5, 0.6) is 0 Å². The minimum atomic E-state index is -4.32. The fraction of sp³-hybridized carbons (Fsp3) is 0.280. The van der Waals surface area contributed by atoms with Gasteiger partial charge in [0.1, 0.15) is 6.04 Å². The fourth-order valence-corrected chi connectivity index (χ4v) is 6.33. The van der Waals surface area contributed by atoms with E-state index in [1.54, 1.807) is 29.2 Å². The van der Waals surface area contributed by atoms with Crippen LogP contribution in [-0.2, 0) is 37.4 Å². The summed E-state index contributed by atoms with van der Waals surface area (Å²) in [7, 11) is -4.32. The Balaban J connectivity index is 1.44. The molecule has 0 aromatic heterocycles. The first-order valence-electron chi connectivity index (χ1n) is 11.3. The lowest BCUT2D eigenvalue weighted by molar-refractivity contribution is -0.160. The normalized spacial score (nSPS) is 20.3. The summed E-state index contributed by atoms with van der Waals surface area (Å²) in [4.78, 5) is 31.0. The third-order valence-corrected chi connectivity index (χ3v) is 8.45. The Kier molecular flexibility index (Phi) is 6.27. The molecule has 3 aromatic rings. The highest BCUT2D eigenvalue weighted by Gasteiger charge is 2.44. The first-order valence-corrected chi connectivity index (χ1v) is 13.1. The van der Waals surface area contributed by atoms with Gasteiger partial charge in [0.2, 0.25) is 5.91 Å². The van der Waals surface area contributed by atoms with E-state index in [0.717, 1.165) is 23.9 Å². The molecule has 10 heteroatoms. The van der Waals surface area contributed by atoms with E-state index in [9.17, 15) is 18.0 Å². The van der Waals surface area contributed by atoms with Crippen LogP contribution in [0.4, 0.5) is 5.69 Å². The zero-order valence-corrected chi connectivity index (χ0v) is 20.6. The van der Waals surface area contributed by atoms with Crippen LogP contribution in [0.3, 0.4) is 0 Å². The van der Waals surface area contributed by atoms with Crippen molar-refractivity contribution in [1.82, 2.24) is 9.79 Å². The van der Waals surface area contributed by atoms with Crippen LogP contribution in [0.15, 0.2) is 59.5 Å². The van der Waals surface area contributed by atoms with Crippen LogP contribution in [0, 0.1) is 0 Å². The third-order valence-electron chi connectivity index (χ3n) is 6.56. The van der Waals surface area contributed by atoms with Gasteiger partial charge in [0.25, 0.3) is 10.0 Å². The van der Waals surface area contributed by atoms with Gasteiger partial charge < -0.3 is 15.1 Å². The summed E-state index contributed by atoms with van der Waals surface area (Å²) in [5, 5.41) is 5.35. The zero-order chi connectivity index (χ0) is 24.7. The predicted octanol–water partition coefficient (Wildman–Crippen LogP) is 3.41. The first-order chi connectivity index (χ1) is 16.8. The summed E-state index contributed by atoms with van der Waals surface area (Å²) in [5.74, 6) is -0.440. The molecule has 1 unspecified atom stereocenters. The van der Waals surface area contributed by atoms with Gasteiger partial charge in [-0.15, -0.1) is 0 Å². The standard InChI is InChI=1S/C25H24ClN3O5S/c1-16-10-20-12-22(6-3-19(20)14-27-16)28-9-8-24(25(28)31)29(34-15-30)35(32,33)23-7-4-17-11-21(26)5-2-18(17)13-23/h2-7,11-13,15-16,24,27H,8-10,14H2,1H3/t16?,24-/m0/s1. The molecule has 182 valence electrons. The Morgan fingerprint density at radius 1 is 1.09 bits per heavy atom. The van der Waals surface area contributed by atoms with Crippen LogP contribution < -0.4 is 10.2 Å². The van der Waals surface area contributed by atoms with E-state index < -0.39 is 22.0 Å². The minimum absolute atomic E-state index is 0.0294. The number of anilines is 1. The zero-order valence-electron chi connectivity index (χ0n) is 19.0. The quantitative estimate of drug-likeness (QED) is 0.401. The van der Waals surface area contributed by atoms with Gasteiger partial charge in [0, 0.05) is 29.8 Å². The van der Waals surface area contributed by atoms with Gasteiger partial charge in [-0.1, -0.05) is 29.8 Å². The van der Waals surface area contributed by atoms with Crippen LogP contribution in [0.25, 0.3) is 10.8 Å². The van der Waals surface area contributed by atoms with Crippen molar-refractivity contribution in [3.8, 4) is 0 Å². The molecule has 8 nitrogen and oxygen atoms in total. The maximum atomic E-state index is 13.5. The van der Waals surface area contributed by atoms with Gasteiger partial charge in [0.15, 0.2) is 0 Å². The van der Waals surface area contributed by atoms with E-state index in [2.05, 4.69) is 12.2 Å². The van der Waals surface area contributed by atoms with Crippen LogP contribution in [0.2, 0.25) is 5.02 Å². The highest BCUT2D eigenvalue weighted by Crippen LogP contribution is 2.32. The molecule has 2 aliphatic heterocycles. The molecule has 0 saturated carbocycles. The number of halogens is 1. The topological polar surface area (TPSA) is 96.0 Å². The first kappa shape index (κ1) is 23.7. The van der Waals surface area contributed by atoms with Crippen molar-refractivity contribution in [3.63, 3.8) is 0 Å². The summed E-state index contributed by atoms with van der Waals surface area (Å²) in [5.41, 5.74) is 3.05. The number of benzene rings is 3. The molecule has 0 bridgehead atoms. The summed E-state index contributed by atoms with van der Waals surface area (Å²) in [6, 6.07) is 14.6. The van der Waals surface area contributed by atoms with Crippen molar-refractivity contribution in [2.75, 3.05) is 11.4 Å². The van der Waals surface area contributed by atoms with Crippen molar-refractivity contribution in [2.45, 2.75) is 43.3 Å². The Hall–Kier alpha value is -2.98. The van der Waals surface area contributed by atoms with E-state index in [-0.39, 0.29) is 17.8 Å². The average Bonchev–Trinajstić information content (AvgIpc) is 3.22. The van der Waals surface area contributed by atoms with Crippen LogP contribution in [0.1, 0.15) is 24.5 Å². The molecule has 2 heterocycles. The number of hydroxylamine groups is 1. The largest absolute Gasteiger partial charge is 0.355 e. The van der Waals surface area contributed by atoms with E-state index in [0.29, 0.717) is 33.2 Å². The SMILES string of the molecule is CC1Cc2cc(N3CC[C@H](N(OC=O)S(=O)(=O)c4ccc5cc(Cl)ccc5c4)C3=O)ccc2CN1. The Morgan fingerprint density at radius 2 is 1.86 bits per heavy atom. The van der Waals surface area contributed by atoms with Crippen molar-refractivity contribution < 1.29 is 22.8 Å². The second kappa shape index (κ2) is 9.23. The van der Waals surface area contributed by atoms with Crippen LogP contribution >= 0.6 is 11.6 Å². The molecule has 2 atom stereocenters. The molecule has 1 saturated heterocycles. The maximum absolute atomic E-state index is 13.5. The van der Waals surface area contributed by atoms with Gasteiger partial charge in [-0.2, -0.15) is 0 Å². The molecule has 0 radical (unpaired) electrons. The molecular formula is C25H24ClN3O5S. The summed E-state index contributed by atoms with van der Waals surface area (Å²) in [6.45, 7) is 3.21. The number of fused-ring (bicyclic) bond motifs is 2. The van der Waals surface area contributed by atoms with Gasteiger partial charge in [0.05, 0.1) is 4.90 Å². The third kappa shape index (κ3) is 4.40. The van der Waals surface area contributed by atoms with Crippen molar-refractivity contribution in [1.29, 1.82) is 0 Å². The number of sulfonamides is 1. The maximum Gasteiger partial charge on any atom is 0.314 e. The Bertz CT molecular complexity index is 1430. The summed E-state index contributed by atoms with van der Waals surface area (Å²) < 4.78 is 27.5. The summed E-state index contributed by atoms with van der Waals surface area (Å²) in [6.07, 6.45) is 1.03. The highest BCUT2D eigenvalue weighted by atomic mass is 35.5. The number of carbonyl (C=O) groups excluding carboxylic acids is 2. The molecule has 0 aliphatic carbocycles. The minimum Gasteiger partial charge on any atom is -0.355 e. The Morgan fingerprint density at radius 3 is 2.66 bits per heavy atom. The number of rotatable bonds is 6. The van der Waals surface area contributed by atoms with Crippen molar-refractivity contribution in [3.05, 3.63) is 70.7 Å². The number of carbonyl (C=O) groups is 2.